The predicted molar refractivity (Wildman–Crippen MR) is 43.1 cm³/mol. The average molecular weight is 334 g/mol. The number of nitrogens with zero attached hydrogens (tertiary/aromatic N) is 4. The predicted octanol–water partition coefficient (Wildman–Crippen LogP) is 0.476. The molecule has 0 aliphatic rings. The van der Waals surface area contributed by atoms with E-state index in [-0.39, 0.29) is 0 Å². The van der Waals surface area contributed by atoms with E-state index in [1.165, 1.54) is 0 Å². The molecule has 0 fully saturated rings. The molecule has 0 bridgehead atoms. The Hall–Kier alpha value is 0.400. The summed E-state index contributed by atoms with van der Waals surface area (Å²) >= 11 is 3.89. The van der Waals surface area contributed by atoms with Crippen LogP contribution in [0, 0.1) is 7.66 Å². The van der Waals surface area contributed by atoms with Gasteiger partial charge < -0.3 is 0 Å². The normalized spacial score (nSPS) is 9.25. The second-order valence-corrected chi connectivity index (χ2v) is 2.87. The minimum Gasteiger partial charge on any atom is -0.119 e. The minimum atomic E-state index is 0.572. The van der Waals surface area contributed by atoms with E-state index in [1.807, 2.05) is 45.2 Å². The molecule has 0 saturated heterocycles. The van der Waals surface area contributed by atoms with Gasteiger partial charge in [-0.1, -0.05) is 0 Å². The van der Waals surface area contributed by atoms with Crippen molar-refractivity contribution in [2.75, 3.05) is 0 Å². The van der Waals surface area contributed by atoms with E-state index in [0.717, 1.165) is 0 Å². The summed E-state index contributed by atoms with van der Waals surface area (Å²) in [7, 11) is 0. The fourth-order valence-electron chi connectivity index (χ4n) is 0.205. The summed E-state index contributed by atoms with van der Waals surface area (Å²) in [5.74, 6) is 0. The van der Waals surface area contributed by atoms with Crippen LogP contribution in [0.2, 0.25) is 0 Å². The van der Waals surface area contributed by atoms with Crippen molar-refractivity contribution in [1.29, 1.82) is 0 Å². The number of aromatic nitrogens is 4. The molecule has 1 rings (SSSR count). The van der Waals surface area contributed by atoms with Gasteiger partial charge in [0, 0.05) is 45.2 Å². The first-order chi connectivity index (χ1) is 3.79. The van der Waals surface area contributed by atoms with E-state index in [2.05, 4.69) is 20.4 Å². The summed E-state index contributed by atoms with van der Waals surface area (Å²) in [5.41, 5.74) is 0. The molecule has 0 aromatic carbocycles. The van der Waals surface area contributed by atoms with E-state index in [9.17, 15) is 0 Å². The summed E-state index contributed by atoms with van der Waals surface area (Å²) in [6, 6.07) is 0. The largest absolute Gasteiger partial charge is 0.232 e. The van der Waals surface area contributed by atoms with Crippen LogP contribution in [0.1, 0.15) is 0 Å². The van der Waals surface area contributed by atoms with Gasteiger partial charge in [0.2, 0.25) is 7.66 Å². The van der Waals surface area contributed by atoms with Crippen LogP contribution in [0.5, 0.6) is 0 Å². The molecule has 0 radical (unpaired) electrons. The highest BCUT2D eigenvalue weighted by atomic mass is 127. The Morgan fingerprint density at radius 2 is 1.00 bits per heavy atom. The SMILES string of the molecule is Ic1nnc(I)nn1. The zero-order chi connectivity index (χ0) is 5.98. The Morgan fingerprint density at radius 1 is 0.750 bits per heavy atom. The minimum absolute atomic E-state index is 0.572. The molecule has 0 amide bonds. The highest BCUT2D eigenvalue weighted by Gasteiger charge is 1.89. The van der Waals surface area contributed by atoms with Crippen LogP contribution in [-0.2, 0) is 0 Å². The first kappa shape index (κ1) is 6.52. The highest BCUT2D eigenvalue weighted by molar-refractivity contribution is 14.1. The first-order valence-electron chi connectivity index (χ1n) is 1.67. The van der Waals surface area contributed by atoms with Gasteiger partial charge in [-0.2, -0.15) is 0 Å². The van der Waals surface area contributed by atoms with Crippen LogP contribution < -0.4 is 0 Å². The molecule has 42 valence electrons. The molecular formula is C2I2N4. The summed E-state index contributed by atoms with van der Waals surface area (Å²) < 4.78 is 1.14. The van der Waals surface area contributed by atoms with Crippen molar-refractivity contribution in [2.45, 2.75) is 0 Å². The molecule has 0 spiro atoms. The lowest BCUT2D eigenvalue weighted by molar-refractivity contribution is 0.791. The third-order valence-electron chi connectivity index (χ3n) is 0.430. The maximum atomic E-state index is 3.63. The Kier molecular flexibility index (Phi) is 2.28. The lowest BCUT2D eigenvalue weighted by atomic mass is 11.3. The van der Waals surface area contributed by atoms with Gasteiger partial charge in [-0.3, -0.25) is 0 Å². The third kappa shape index (κ3) is 1.73. The zero-order valence-electron chi connectivity index (χ0n) is 3.54. The number of hydrogen-bond donors (Lipinski definition) is 0. The Bertz CT molecular complexity index is 151. The van der Waals surface area contributed by atoms with Crippen LogP contribution in [0.15, 0.2) is 0 Å². The average Bonchev–Trinajstić information content (AvgIpc) is 1.77. The Morgan fingerprint density at radius 3 is 1.25 bits per heavy atom. The van der Waals surface area contributed by atoms with Crippen molar-refractivity contribution in [2.24, 2.45) is 0 Å². The molecule has 1 aromatic heterocycles. The maximum absolute atomic E-state index is 3.63. The van der Waals surface area contributed by atoms with Gasteiger partial charge >= 0.3 is 0 Å². The molecule has 0 unspecified atom stereocenters. The molecule has 1 heterocycles. The maximum Gasteiger partial charge on any atom is 0.232 e. The van der Waals surface area contributed by atoms with Gasteiger partial charge in [-0.15, -0.1) is 20.4 Å². The van der Waals surface area contributed by atoms with Gasteiger partial charge in [0.05, 0.1) is 0 Å². The molecule has 0 atom stereocenters. The monoisotopic (exact) mass is 334 g/mol. The van der Waals surface area contributed by atoms with E-state index in [0.29, 0.717) is 7.66 Å². The smallest absolute Gasteiger partial charge is 0.119 e. The summed E-state index contributed by atoms with van der Waals surface area (Å²) in [6.45, 7) is 0. The third-order valence-corrected chi connectivity index (χ3v) is 1.29. The molecule has 8 heavy (non-hydrogen) atoms. The van der Waals surface area contributed by atoms with Crippen molar-refractivity contribution in [3.8, 4) is 0 Å². The van der Waals surface area contributed by atoms with Gasteiger partial charge in [-0.25, -0.2) is 0 Å². The number of halogens is 2. The van der Waals surface area contributed by atoms with E-state index in [4.69, 9.17) is 0 Å². The summed E-state index contributed by atoms with van der Waals surface area (Å²) in [4.78, 5) is 0. The van der Waals surface area contributed by atoms with Crippen LogP contribution >= 0.6 is 45.2 Å². The van der Waals surface area contributed by atoms with Gasteiger partial charge in [0.1, 0.15) is 0 Å². The zero-order valence-corrected chi connectivity index (χ0v) is 7.86. The Balaban J connectivity index is 3.03. The second kappa shape index (κ2) is 2.80. The van der Waals surface area contributed by atoms with Crippen molar-refractivity contribution in [1.82, 2.24) is 20.4 Å². The lowest BCUT2D eigenvalue weighted by Crippen LogP contribution is -1.96. The summed E-state index contributed by atoms with van der Waals surface area (Å²) in [5, 5.41) is 14.5. The van der Waals surface area contributed by atoms with Crippen LogP contribution in [0.25, 0.3) is 0 Å². The quantitative estimate of drug-likeness (QED) is 0.648. The first-order valence-corrected chi connectivity index (χ1v) is 3.83. The van der Waals surface area contributed by atoms with Crippen molar-refractivity contribution < 1.29 is 0 Å². The van der Waals surface area contributed by atoms with Crippen LogP contribution in [0.3, 0.4) is 0 Å². The number of hydrogen-bond acceptors (Lipinski definition) is 4. The fraction of sp³-hybridized carbons (Fsp3) is 0. The molecule has 0 N–H and O–H groups in total. The molecular weight excluding hydrogens is 334 g/mol. The van der Waals surface area contributed by atoms with Crippen molar-refractivity contribution in [3.05, 3.63) is 7.66 Å². The highest BCUT2D eigenvalue weighted by Crippen LogP contribution is 1.92. The standard InChI is InChI=1S/C2I2N4/c3-1-5-7-2(4)8-6-1. The lowest BCUT2D eigenvalue weighted by Gasteiger charge is -1.82. The fourth-order valence-corrected chi connectivity index (χ4v) is 0.637. The molecule has 0 aliphatic heterocycles. The topological polar surface area (TPSA) is 51.6 Å². The number of rotatable bonds is 0. The molecule has 0 aliphatic carbocycles. The molecule has 4 nitrogen and oxygen atoms in total. The second-order valence-electron chi connectivity index (χ2n) is 0.938. The van der Waals surface area contributed by atoms with E-state index >= 15 is 0 Å². The van der Waals surface area contributed by atoms with Gasteiger partial charge in [-0.05, 0) is 0 Å². The molecule has 0 saturated carbocycles. The molecule has 1 aromatic rings. The van der Waals surface area contributed by atoms with Crippen molar-refractivity contribution >= 4 is 45.2 Å². The summed E-state index contributed by atoms with van der Waals surface area (Å²) in [6.07, 6.45) is 0. The van der Waals surface area contributed by atoms with E-state index in [1.54, 1.807) is 0 Å². The molecule has 6 heteroatoms. The Labute approximate surface area is 72.8 Å². The van der Waals surface area contributed by atoms with Crippen LogP contribution in [0.4, 0.5) is 0 Å². The van der Waals surface area contributed by atoms with Gasteiger partial charge in [0.25, 0.3) is 0 Å². The van der Waals surface area contributed by atoms with E-state index < -0.39 is 0 Å². The van der Waals surface area contributed by atoms with Crippen molar-refractivity contribution in [3.63, 3.8) is 0 Å². The van der Waals surface area contributed by atoms with Gasteiger partial charge in [0.15, 0.2) is 0 Å². The van der Waals surface area contributed by atoms with Crippen LogP contribution in [-0.4, -0.2) is 20.4 Å².